The fraction of sp³-hybridized carbons (Fsp3) is 0.167. The fourth-order valence-electron chi connectivity index (χ4n) is 1.42. The molecule has 0 unspecified atom stereocenters. The van der Waals surface area contributed by atoms with Gasteiger partial charge in [-0.25, -0.2) is 4.98 Å². The van der Waals surface area contributed by atoms with E-state index in [-0.39, 0.29) is 5.84 Å². The first kappa shape index (κ1) is 12.1. The van der Waals surface area contributed by atoms with Gasteiger partial charge in [-0.05, 0) is 26.0 Å². The Balaban J connectivity index is 2.35. The van der Waals surface area contributed by atoms with Crippen molar-refractivity contribution in [1.29, 1.82) is 5.41 Å². The highest BCUT2D eigenvalue weighted by Gasteiger charge is 2.09. The number of nitrogens with zero attached hydrogens (tertiary/aromatic N) is 1. The van der Waals surface area contributed by atoms with Gasteiger partial charge in [-0.1, -0.05) is 23.4 Å². The molecule has 0 atom stereocenters. The first-order chi connectivity index (χ1) is 8.06. The highest BCUT2D eigenvalue weighted by Crippen LogP contribution is 2.32. The van der Waals surface area contributed by atoms with E-state index in [1.54, 1.807) is 23.1 Å². The predicted molar refractivity (Wildman–Crippen MR) is 73.2 cm³/mol. The van der Waals surface area contributed by atoms with E-state index in [1.807, 2.05) is 37.4 Å². The van der Waals surface area contributed by atoms with Gasteiger partial charge in [0.15, 0.2) is 4.34 Å². The lowest BCUT2D eigenvalue weighted by Crippen LogP contribution is -2.12. The Hall–Kier alpha value is -1.33. The van der Waals surface area contributed by atoms with Crippen molar-refractivity contribution in [2.24, 2.45) is 5.73 Å². The van der Waals surface area contributed by atoms with Gasteiger partial charge in [0.25, 0.3) is 0 Å². The van der Waals surface area contributed by atoms with Gasteiger partial charge in [0, 0.05) is 21.5 Å². The number of hydrogen-bond donors (Lipinski definition) is 2. The zero-order chi connectivity index (χ0) is 12.4. The van der Waals surface area contributed by atoms with Crippen molar-refractivity contribution in [2.75, 3.05) is 0 Å². The summed E-state index contributed by atoms with van der Waals surface area (Å²) in [6.07, 6.45) is 0. The molecule has 17 heavy (non-hydrogen) atoms. The molecule has 0 spiro atoms. The van der Waals surface area contributed by atoms with Crippen LogP contribution in [-0.4, -0.2) is 10.8 Å². The minimum Gasteiger partial charge on any atom is -0.384 e. The topological polar surface area (TPSA) is 62.8 Å². The van der Waals surface area contributed by atoms with E-state index in [9.17, 15) is 0 Å². The van der Waals surface area contributed by atoms with E-state index in [0.29, 0.717) is 0 Å². The van der Waals surface area contributed by atoms with E-state index in [2.05, 4.69) is 4.98 Å². The van der Waals surface area contributed by atoms with Gasteiger partial charge in [0.2, 0.25) is 0 Å². The van der Waals surface area contributed by atoms with Crippen LogP contribution in [0, 0.1) is 19.3 Å². The molecule has 2 rings (SSSR count). The largest absolute Gasteiger partial charge is 0.384 e. The minimum absolute atomic E-state index is 0.101. The molecule has 2 aromatic rings. The maximum Gasteiger partial charge on any atom is 0.154 e. The molecule has 0 radical (unpaired) electrons. The Morgan fingerprint density at radius 1 is 1.41 bits per heavy atom. The summed E-state index contributed by atoms with van der Waals surface area (Å²) in [5, 5.41) is 9.61. The molecule has 88 valence electrons. The Morgan fingerprint density at radius 3 is 2.76 bits per heavy atom. The van der Waals surface area contributed by atoms with Crippen LogP contribution >= 0.6 is 23.1 Å². The van der Waals surface area contributed by atoms with Crippen molar-refractivity contribution in [3.8, 4) is 0 Å². The minimum atomic E-state index is 0.101. The third-order valence-corrected chi connectivity index (χ3v) is 4.35. The third kappa shape index (κ3) is 2.87. The lowest BCUT2D eigenvalue weighted by Gasteiger charge is -2.07. The predicted octanol–water partition coefficient (Wildman–Crippen LogP) is 3.20. The van der Waals surface area contributed by atoms with Crippen molar-refractivity contribution < 1.29 is 0 Å². The first-order valence-corrected chi connectivity index (χ1v) is 6.81. The van der Waals surface area contributed by atoms with Crippen LogP contribution in [0.2, 0.25) is 0 Å². The smallest absolute Gasteiger partial charge is 0.154 e. The number of nitrogens with one attached hydrogen (secondary N) is 1. The van der Waals surface area contributed by atoms with Crippen LogP contribution in [-0.2, 0) is 0 Å². The lowest BCUT2D eigenvalue weighted by molar-refractivity contribution is 1.16. The number of thiazole rings is 1. The maximum atomic E-state index is 7.59. The monoisotopic (exact) mass is 263 g/mol. The molecule has 3 N–H and O–H groups in total. The van der Waals surface area contributed by atoms with Gasteiger partial charge in [-0.3, -0.25) is 5.41 Å². The van der Waals surface area contributed by atoms with Crippen molar-refractivity contribution in [1.82, 2.24) is 4.98 Å². The second-order valence-electron chi connectivity index (χ2n) is 3.77. The molecule has 0 fully saturated rings. The third-order valence-electron chi connectivity index (χ3n) is 2.22. The summed E-state index contributed by atoms with van der Waals surface area (Å²) in [5.74, 6) is 0.101. The number of aryl methyl sites for hydroxylation is 2. The van der Waals surface area contributed by atoms with E-state index in [1.165, 1.54) is 0 Å². The second-order valence-corrected chi connectivity index (χ2v) is 5.92. The Bertz CT molecular complexity index is 561. The number of rotatable bonds is 3. The van der Waals surface area contributed by atoms with Gasteiger partial charge in [-0.15, -0.1) is 11.3 Å². The Kier molecular flexibility index (Phi) is 3.49. The first-order valence-electron chi connectivity index (χ1n) is 5.11. The van der Waals surface area contributed by atoms with Gasteiger partial charge in [0.05, 0.1) is 0 Å². The molecule has 1 aromatic carbocycles. The standard InChI is InChI=1S/C12H13N3S2/c1-7-3-4-10(9(5-7)11(13)14)17-12-15-8(2)6-16-12/h3-6H,1-2H3,(H3,13,14). The van der Waals surface area contributed by atoms with Crippen LogP contribution in [0.1, 0.15) is 16.8 Å². The van der Waals surface area contributed by atoms with Gasteiger partial charge in [-0.2, -0.15) is 0 Å². The van der Waals surface area contributed by atoms with E-state index in [4.69, 9.17) is 11.1 Å². The van der Waals surface area contributed by atoms with Crippen LogP contribution in [0.5, 0.6) is 0 Å². The van der Waals surface area contributed by atoms with Crippen LogP contribution in [0.15, 0.2) is 32.8 Å². The summed E-state index contributed by atoms with van der Waals surface area (Å²) in [6.45, 7) is 3.97. The molecule has 0 saturated heterocycles. The highest BCUT2D eigenvalue weighted by molar-refractivity contribution is 8.01. The molecule has 0 amide bonds. The number of hydrogen-bond acceptors (Lipinski definition) is 4. The second kappa shape index (κ2) is 4.89. The molecule has 1 aromatic heterocycles. The zero-order valence-corrected chi connectivity index (χ0v) is 11.3. The molecule has 3 nitrogen and oxygen atoms in total. The van der Waals surface area contributed by atoms with Gasteiger partial charge >= 0.3 is 0 Å². The summed E-state index contributed by atoms with van der Waals surface area (Å²) in [7, 11) is 0. The van der Waals surface area contributed by atoms with E-state index >= 15 is 0 Å². The molecule has 0 saturated carbocycles. The number of nitrogens with two attached hydrogens (primary N) is 1. The summed E-state index contributed by atoms with van der Waals surface area (Å²) in [5.41, 5.74) is 8.50. The van der Waals surface area contributed by atoms with Crippen LogP contribution in [0.3, 0.4) is 0 Å². The summed E-state index contributed by atoms with van der Waals surface area (Å²) in [6, 6.07) is 5.95. The average Bonchev–Trinajstić information content (AvgIpc) is 2.66. The van der Waals surface area contributed by atoms with Gasteiger partial charge in [0.1, 0.15) is 5.84 Å². The van der Waals surface area contributed by atoms with Gasteiger partial charge < -0.3 is 5.73 Å². The molecule has 0 aliphatic carbocycles. The van der Waals surface area contributed by atoms with Crippen LogP contribution in [0.25, 0.3) is 0 Å². The normalized spacial score (nSPS) is 10.5. The molecule has 1 heterocycles. The van der Waals surface area contributed by atoms with E-state index < -0.39 is 0 Å². The zero-order valence-electron chi connectivity index (χ0n) is 9.65. The molecule has 0 aliphatic heterocycles. The quantitative estimate of drug-likeness (QED) is 0.660. The molecular weight excluding hydrogens is 250 g/mol. The average molecular weight is 263 g/mol. The van der Waals surface area contributed by atoms with Crippen LogP contribution in [0.4, 0.5) is 0 Å². The highest BCUT2D eigenvalue weighted by atomic mass is 32.2. The number of aromatic nitrogens is 1. The molecule has 5 heteroatoms. The molecule has 0 bridgehead atoms. The number of nitrogen functional groups attached to an aromatic ring is 1. The van der Waals surface area contributed by atoms with Crippen molar-refractivity contribution in [3.63, 3.8) is 0 Å². The summed E-state index contributed by atoms with van der Waals surface area (Å²) < 4.78 is 0.980. The van der Waals surface area contributed by atoms with E-state index in [0.717, 1.165) is 26.1 Å². The van der Waals surface area contributed by atoms with Crippen LogP contribution < -0.4 is 5.73 Å². The Labute approximate surface area is 109 Å². The summed E-state index contributed by atoms with van der Waals surface area (Å²) >= 11 is 3.17. The van der Waals surface area contributed by atoms with Crippen molar-refractivity contribution in [2.45, 2.75) is 23.1 Å². The number of benzene rings is 1. The lowest BCUT2D eigenvalue weighted by atomic mass is 10.1. The van der Waals surface area contributed by atoms with Crippen molar-refractivity contribution in [3.05, 3.63) is 40.4 Å². The summed E-state index contributed by atoms with van der Waals surface area (Å²) in [4.78, 5) is 5.38. The maximum absolute atomic E-state index is 7.59. The molecular formula is C12H13N3S2. The Morgan fingerprint density at radius 2 is 2.18 bits per heavy atom. The molecule has 0 aliphatic rings. The SMILES string of the molecule is Cc1ccc(Sc2nc(C)cs2)c(C(=N)N)c1. The number of amidine groups is 1. The van der Waals surface area contributed by atoms with Crippen molar-refractivity contribution >= 4 is 28.9 Å². The fourth-order valence-corrected chi connectivity index (χ4v) is 3.34.